The van der Waals surface area contributed by atoms with Gasteiger partial charge in [0.2, 0.25) is 5.72 Å². The van der Waals surface area contributed by atoms with Gasteiger partial charge in [-0.25, -0.2) is 0 Å². The minimum Gasteiger partial charge on any atom is -0.496 e. The Labute approximate surface area is 276 Å². The number of methoxy groups -OCH3 is 2. The molecule has 4 aromatic carbocycles. The molecule has 0 radical (unpaired) electrons. The van der Waals surface area contributed by atoms with Crippen molar-refractivity contribution < 1.29 is 19.0 Å². The third-order valence-electron chi connectivity index (χ3n) is 10.9. The molecule has 1 N–H and O–H groups in total. The Morgan fingerprint density at radius 1 is 0.894 bits per heavy atom. The number of benzene rings is 4. The Morgan fingerprint density at radius 2 is 1.70 bits per heavy atom. The normalized spacial score (nSPS) is 24.9. The molecular formula is C39H42N4O4. The quantitative estimate of drug-likeness (QED) is 0.242. The largest absolute Gasteiger partial charge is 0.496 e. The average molecular weight is 631 g/mol. The van der Waals surface area contributed by atoms with Crippen LogP contribution in [0.1, 0.15) is 55.9 Å². The van der Waals surface area contributed by atoms with E-state index in [1.54, 1.807) is 14.2 Å². The van der Waals surface area contributed by atoms with Gasteiger partial charge in [0.05, 0.1) is 19.6 Å². The van der Waals surface area contributed by atoms with E-state index in [4.69, 9.17) is 24.2 Å². The van der Waals surface area contributed by atoms with Gasteiger partial charge in [-0.2, -0.15) is 0 Å². The van der Waals surface area contributed by atoms with Crippen LogP contribution in [0, 0.1) is 6.92 Å². The number of hydrogen-bond donors (Lipinski definition) is 1. The standard InChI is InChI=1S/C39H42N4O4/c1-7-20-43-31-18-17-25(3)22-29(31)37(4,8-2)39(43)38(40-35-33(45-6)23-27(44-5)24-34(35)46-39)28-14-10-12-16-32(28)47-41-36(38)42-21-19-26-13-9-11-15-30(26)42/h9-18,22-24,40H,7-8,19-21H2,1-6H3. The molecule has 47 heavy (non-hydrogen) atoms. The van der Waals surface area contributed by atoms with Crippen molar-refractivity contribution in [1.29, 1.82) is 0 Å². The van der Waals surface area contributed by atoms with E-state index in [1.165, 1.54) is 22.4 Å². The van der Waals surface area contributed by atoms with Gasteiger partial charge in [-0.1, -0.05) is 73.1 Å². The van der Waals surface area contributed by atoms with Gasteiger partial charge < -0.3 is 34.2 Å². The first-order chi connectivity index (χ1) is 22.9. The minimum atomic E-state index is -1.07. The van der Waals surface area contributed by atoms with Crippen LogP contribution < -0.4 is 34.2 Å². The molecule has 0 saturated heterocycles. The van der Waals surface area contributed by atoms with Crippen molar-refractivity contribution in [3.63, 3.8) is 0 Å². The molecule has 4 aliphatic heterocycles. The van der Waals surface area contributed by atoms with Gasteiger partial charge in [-0.05, 0) is 62.4 Å². The second-order valence-electron chi connectivity index (χ2n) is 13.2. The molecule has 8 heteroatoms. The summed E-state index contributed by atoms with van der Waals surface area (Å²) in [4.78, 5) is 11.2. The molecule has 0 saturated carbocycles. The average Bonchev–Trinajstić information content (AvgIpc) is 3.61. The monoisotopic (exact) mass is 630 g/mol. The van der Waals surface area contributed by atoms with Crippen molar-refractivity contribution in [2.45, 2.75) is 63.6 Å². The molecule has 3 unspecified atom stereocenters. The Bertz CT molecular complexity index is 1930. The number of nitrogens with one attached hydrogen (secondary N) is 1. The molecule has 8 nitrogen and oxygen atoms in total. The molecule has 0 aliphatic carbocycles. The predicted octanol–water partition coefficient (Wildman–Crippen LogP) is 7.77. The van der Waals surface area contributed by atoms with Crippen LogP contribution >= 0.6 is 0 Å². The van der Waals surface area contributed by atoms with Crippen molar-refractivity contribution in [2.75, 3.05) is 42.4 Å². The van der Waals surface area contributed by atoms with Crippen molar-refractivity contribution in [3.05, 3.63) is 101 Å². The lowest BCUT2D eigenvalue weighted by molar-refractivity contribution is -0.0493. The van der Waals surface area contributed by atoms with Crippen molar-refractivity contribution in [1.82, 2.24) is 0 Å². The summed E-state index contributed by atoms with van der Waals surface area (Å²) >= 11 is 0. The Hall–Kier alpha value is -4.85. The zero-order valence-electron chi connectivity index (χ0n) is 28.0. The van der Waals surface area contributed by atoms with Crippen LogP contribution in [0.4, 0.5) is 17.1 Å². The summed E-state index contributed by atoms with van der Waals surface area (Å²) in [5, 5.41) is 9.25. The summed E-state index contributed by atoms with van der Waals surface area (Å²) < 4.78 is 19.7. The fourth-order valence-corrected chi connectivity index (χ4v) is 8.65. The van der Waals surface area contributed by atoms with Gasteiger partial charge >= 0.3 is 0 Å². The topological polar surface area (TPSA) is 67.8 Å². The lowest BCUT2D eigenvalue weighted by Gasteiger charge is -2.62. The smallest absolute Gasteiger partial charge is 0.227 e. The molecule has 0 amide bonds. The molecular weight excluding hydrogens is 588 g/mol. The summed E-state index contributed by atoms with van der Waals surface area (Å²) in [5.41, 5.74) is 5.12. The number of anilines is 3. The molecule has 242 valence electrons. The highest BCUT2D eigenvalue weighted by Crippen LogP contribution is 2.67. The van der Waals surface area contributed by atoms with Crippen molar-refractivity contribution in [2.24, 2.45) is 5.16 Å². The van der Waals surface area contributed by atoms with Gasteiger partial charge in [-0.3, -0.25) is 0 Å². The number of ether oxygens (including phenoxy) is 3. The summed E-state index contributed by atoms with van der Waals surface area (Å²) in [6.45, 7) is 10.6. The molecule has 0 aromatic heterocycles. The first kappa shape index (κ1) is 29.5. The highest BCUT2D eigenvalue weighted by molar-refractivity contribution is 6.11. The van der Waals surface area contributed by atoms with Crippen LogP contribution in [0.25, 0.3) is 0 Å². The van der Waals surface area contributed by atoms with Gasteiger partial charge in [0, 0.05) is 42.2 Å². The first-order valence-electron chi connectivity index (χ1n) is 16.7. The second kappa shape index (κ2) is 10.6. The summed E-state index contributed by atoms with van der Waals surface area (Å²) in [6.07, 6.45) is 2.62. The molecule has 8 rings (SSSR count). The summed E-state index contributed by atoms with van der Waals surface area (Å²) in [5.74, 6) is 3.41. The van der Waals surface area contributed by atoms with E-state index in [9.17, 15) is 0 Å². The second-order valence-corrected chi connectivity index (χ2v) is 13.2. The molecule has 3 atom stereocenters. The molecule has 2 spiro atoms. The zero-order chi connectivity index (χ0) is 32.6. The molecule has 0 fully saturated rings. The fourth-order valence-electron chi connectivity index (χ4n) is 8.65. The van der Waals surface area contributed by atoms with Gasteiger partial charge in [0.15, 0.2) is 22.9 Å². The third kappa shape index (κ3) is 3.72. The van der Waals surface area contributed by atoms with Crippen LogP contribution in [-0.4, -0.2) is 38.9 Å². The van der Waals surface area contributed by atoms with E-state index < -0.39 is 16.7 Å². The minimum absolute atomic E-state index is 0.533. The van der Waals surface area contributed by atoms with Crippen LogP contribution in [0.2, 0.25) is 0 Å². The maximum atomic E-state index is 7.83. The van der Waals surface area contributed by atoms with Gasteiger partial charge in [0.25, 0.3) is 0 Å². The number of aryl methyl sites for hydroxylation is 1. The maximum absolute atomic E-state index is 7.83. The van der Waals surface area contributed by atoms with E-state index in [2.05, 4.69) is 97.4 Å². The van der Waals surface area contributed by atoms with Crippen LogP contribution in [-0.2, 0) is 17.4 Å². The van der Waals surface area contributed by atoms with E-state index in [-0.39, 0.29) is 0 Å². The Morgan fingerprint density at radius 3 is 2.49 bits per heavy atom. The number of hydrogen-bond acceptors (Lipinski definition) is 8. The lowest BCUT2D eigenvalue weighted by atomic mass is 9.61. The Balaban J connectivity index is 1.53. The van der Waals surface area contributed by atoms with Crippen LogP contribution in [0.15, 0.2) is 84.0 Å². The van der Waals surface area contributed by atoms with E-state index in [0.717, 1.165) is 55.1 Å². The third-order valence-corrected chi connectivity index (χ3v) is 10.9. The number of fused-ring (bicyclic) bond motifs is 6. The molecule has 4 aliphatic rings. The van der Waals surface area contributed by atoms with Crippen molar-refractivity contribution >= 4 is 22.9 Å². The van der Waals surface area contributed by atoms with Crippen molar-refractivity contribution in [3.8, 4) is 23.0 Å². The molecule has 0 bridgehead atoms. The number of amidine groups is 1. The zero-order valence-corrected chi connectivity index (χ0v) is 28.0. The fraction of sp³-hybridized carbons (Fsp3) is 0.359. The number of oxime groups is 1. The number of para-hydroxylation sites is 2. The van der Waals surface area contributed by atoms with Crippen LogP contribution in [0.5, 0.6) is 23.0 Å². The Kier molecular flexibility index (Phi) is 6.66. The van der Waals surface area contributed by atoms with E-state index in [1.807, 2.05) is 24.3 Å². The highest BCUT2D eigenvalue weighted by Gasteiger charge is 2.77. The molecule has 4 heterocycles. The number of nitrogens with zero attached hydrogens (tertiary/aromatic N) is 3. The SMILES string of the molecule is CCCN1c2ccc(C)cc2C(C)(CC)C12Oc1cc(OC)cc(OC)c1NC21C(N2CCc3ccccc32)=NOc2ccccc21. The van der Waals surface area contributed by atoms with E-state index in [0.29, 0.717) is 23.0 Å². The summed E-state index contributed by atoms with van der Waals surface area (Å²) in [6, 6.07) is 27.6. The van der Waals surface area contributed by atoms with E-state index >= 15 is 0 Å². The van der Waals surface area contributed by atoms with Gasteiger partial charge in [0.1, 0.15) is 17.2 Å². The predicted molar refractivity (Wildman–Crippen MR) is 187 cm³/mol. The number of rotatable bonds is 5. The molecule has 4 aromatic rings. The van der Waals surface area contributed by atoms with Gasteiger partial charge in [-0.15, -0.1) is 0 Å². The first-order valence-corrected chi connectivity index (χ1v) is 16.7. The lowest BCUT2D eigenvalue weighted by Crippen LogP contribution is -2.80. The maximum Gasteiger partial charge on any atom is 0.227 e. The summed E-state index contributed by atoms with van der Waals surface area (Å²) in [7, 11) is 3.36. The van der Waals surface area contributed by atoms with Crippen LogP contribution in [0.3, 0.4) is 0 Å². The highest BCUT2D eigenvalue weighted by atomic mass is 16.6.